The van der Waals surface area contributed by atoms with Crippen molar-refractivity contribution in [2.45, 2.75) is 252 Å². The Morgan fingerprint density at radius 1 is 0.259 bits per heavy atom. The summed E-state index contributed by atoms with van der Waals surface area (Å²) in [7, 11) is 0. The molecule has 0 spiro atoms. The predicted molar refractivity (Wildman–Crippen MR) is 373 cm³/mol. The molecule has 6 aromatic rings. The largest absolute Gasteiger partial charge is 0.355 e. The summed E-state index contributed by atoms with van der Waals surface area (Å²) in [6.07, 6.45) is 30.7. The summed E-state index contributed by atoms with van der Waals surface area (Å²) >= 11 is 9.07. The van der Waals surface area contributed by atoms with Crippen molar-refractivity contribution in [1.29, 1.82) is 0 Å². The number of unbranched alkanes of at least 4 members (excludes halogenated alkanes) is 20. The van der Waals surface area contributed by atoms with Crippen molar-refractivity contribution in [3.8, 4) is 0 Å². The molecule has 85 heavy (non-hydrogen) atoms. The van der Waals surface area contributed by atoms with Crippen LogP contribution in [0.15, 0.2) is 54.8 Å². The van der Waals surface area contributed by atoms with E-state index in [0.29, 0.717) is 64.8 Å². The van der Waals surface area contributed by atoms with Crippen molar-refractivity contribution >= 4 is 142 Å². The molecule has 0 saturated heterocycles. The Morgan fingerprint density at radius 2 is 0.424 bits per heavy atom. The third-order valence-corrected chi connectivity index (χ3v) is 21.5. The van der Waals surface area contributed by atoms with Crippen LogP contribution < -0.4 is 26.6 Å². The molecule has 0 fully saturated rings. The highest BCUT2D eigenvalue weighted by Crippen LogP contribution is 2.56. The lowest BCUT2D eigenvalue weighted by Gasteiger charge is -2.16. The number of hydrogen-bond donors (Lipinski definition) is 5. The highest BCUT2D eigenvalue weighted by Gasteiger charge is 2.28. The topological polar surface area (TPSA) is 146 Å². The normalized spacial score (nSPS) is 11.8. The number of carbonyl (C=O) groups is 5. The molecule has 0 unspecified atom stereocenters. The number of carbonyl (C=O) groups excluding carboxylic acids is 5. The lowest BCUT2D eigenvalue weighted by atomic mass is 9.99. The van der Waals surface area contributed by atoms with Gasteiger partial charge in [-0.05, 0) is 116 Å². The zero-order chi connectivity index (χ0) is 60.4. The summed E-state index contributed by atoms with van der Waals surface area (Å²) in [5.41, 5.74) is 0. The number of hydrogen-bond acceptors (Lipinski definition) is 10. The molecule has 0 bridgehead atoms. The molecule has 15 heteroatoms. The SMILES string of the molecule is CCCCCCCC(=O)NCCSc1cc2c(SCCNC(=O)CCCCCCC)cc3c(SCCNC(=O)CCCCCCC)cc4c(SCCNC(=O)CCCCCCC)cc5c(SCCNC(=O)CCCCCCC)cc1c1c5c4c3c21. The van der Waals surface area contributed by atoms with E-state index in [0.717, 1.165) is 93.0 Å². The van der Waals surface area contributed by atoms with Gasteiger partial charge in [-0.1, -0.05) is 163 Å². The van der Waals surface area contributed by atoms with Crippen LogP contribution in [0, 0.1) is 0 Å². The van der Waals surface area contributed by atoms with Crippen molar-refractivity contribution in [2.75, 3.05) is 61.5 Å². The van der Waals surface area contributed by atoms with Crippen molar-refractivity contribution in [1.82, 2.24) is 26.6 Å². The summed E-state index contributed by atoms with van der Waals surface area (Å²) in [5.74, 6) is 4.25. The van der Waals surface area contributed by atoms with Gasteiger partial charge < -0.3 is 26.6 Å². The molecule has 10 nitrogen and oxygen atoms in total. The average Bonchev–Trinajstić information content (AvgIpc) is 1.56. The minimum Gasteiger partial charge on any atom is -0.355 e. The van der Waals surface area contributed by atoms with Gasteiger partial charge in [0.25, 0.3) is 0 Å². The van der Waals surface area contributed by atoms with Gasteiger partial charge in [-0.15, -0.1) is 58.8 Å². The van der Waals surface area contributed by atoms with E-state index < -0.39 is 0 Å². The molecular weight excluding hydrogens is 1150 g/mol. The van der Waals surface area contributed by atoms with Gasteiger partial charge in [-0.3, -0.25) is 24.0 Å². The van der Waals surface area contributed by atoms with Gasteiger partial charge in [0.15, 0.2) is 0 Å². The molecule has 0 saturated carbocycles. The van der Waals surface area contributed by atoms with Crippen LogP contribution in [0.2, 0.25) is 0 Å². The van der Waals surface area contributed by atoms with E-state index in [-0.39, 0.29) is 29.5 Å². The van der Waals surface area contributed by atoms with Gasteiger partial charge in [-0.2, -0.15) is 0 Å². The molecule has 0 aromatic heterocycles. The molecule has 0 aliphatic carbocycles. The van der Waals surface area contributed by atoms with Gasteiger partial charge >= 0.3 is 0 Å². The first kappa shape index (κ1) is 70.6. The number of amides is 5. The zero-order valence-corrected chi connectivity index (χ0v) is 56.8. The quantitative estimate of drug-likeness (QED) is 0.0142. The number of benzene rings is 5. The van der Waals surface area contributed by atoms with Gasteiger partial charge in [0.1, 0.15) is 0 Å². The Kier molecular flexibility index (Phi) is 34.0. The van der Waals surface area contributed by atoms with E-state index in [2.05, 4.69) is 91.5 Å². The van der Waals surface area contributed by atoms with Gasteiger partial charge in [-0.25, -0.2) is 0 Å². The van der Waals surface area contributed by atoms with E-state index in [1.165, 1.54) is 175 Å². The highest BCUT2D eigenvalue weighted by molar-refractivity contribution is 8.00. The summed E-state index contributed by atoms with van der Waals surface area (Å²) in [5, 5.41) is 28.6. The fraction of sp³-hybridized carbons (Fsp3) is 0.643. The third kappa shape index (κ3) is 23.1. The van der Waals surface area contributed by atoms with Crippen LogP contribution in [0.5, 0.6) is 0 Å². The first-order chi connectivity index (χ1) is 41.6. The second kappa shape index (κ2) is 40.9. The molecule has 0 radical (unpaired) electrons. The van der Waals surface area contributed by atoms with Crippen molar-refractivity contribution < 1.29 is 24.0 Å². The minimum atomic E-state index is 0.122. The standard InChI is InChI=1S/C70H105N5O5S5/c1-6-11-16-21-26-31-61(76)71-36-41-81-56-46-52-58(83-43-38-73-63(78)33-28-23-18-13-8-3)48-54-60(85-45-40-75-65(80)35-30-25-20-15-10-5)50-55-59(84-44-39-74-64(79)34-29-24-19-14-9-4)49-53-57(47-51(56)66-67(52)69(54)70(55)68(53)66)82-42-37-72-62(77)32-27-22-17-12-7-2/h46-50H,6-45H2,1-5H3,(H,71,76)(H,72,77)(H,73,78)(H,74,79)(H,75,80). The van der Waals surface area contributed by atoms with E-state index >= 15 is 0 Å². The lowest BCUT2D eigenvalue weighted by Crippen LogP contribution is -2.25. The Hall–Kier alpha value is -3.50. The van der Waals surface area contributed by atoms with Crippen molar-refractivity contribution in [3.63, 3.8) is 0 Å². The third-order valence-electron chi connectivity index (χ3n) is 16.2. The molecule has 5 N–H and O–H groups in total. The molecule has 5 amide bonds. The number of thioether (sulfide) groups is 5. The van der Waals surface area contributed by atoms with Gasteiger partial charge in [0.2, 0.25) is 29.5 Å². The highest BCUT2D eigenvalue weighted by atomic mass is 32.2. The first-order valence-corrected chi connectivity index (χ1v) is 38.4. The Balaban J connectivity index is 1.40. The van der Waals surface area contributed by atoms with Crippen LogP contribution in [-0.4, -0.2) is 91.0 Å². The molecular formula is C70H105N5O5S5. The maximum atomic E-state index is 13.1. The number of rotatable bonds is 50. The maximum absolute atomic E-state index is 13.1. The smallest absolute Gasteiger partial charge is 0.220 e. The van der Waals surface area contributed by atoms with E-state index in [9.17, 15) is 24.0 Å². The van der Waals surface area contributed by atoms with Gasteiger partial charge in [0, 0.05) is 118 Å². The molecule has 6 aromatic carbocycles. The summed E-state index contributed by atoms with van der Waals surface area (Å²) in [6, 6.07) is 12.0. The van der Waals surface area contributed by atoms with Crippen molar-refractivity contribution in [3.05, 3.63) is 30.3 Å². The van der Waals surface area contributed by atoms with E-state index in [1.54, 1.807) is 0 Å². The summed E-state index contributed by atoms with van der Waals surface area (Å²) in [6.45, 7) is 14.0. The molecule has 0 aliphatic rings. The second-order valence-corrected chi connectivity index (χ2v) is 29.0. The Morgan fingerprint density at radius 3 is 0.588 bits per heavy atom. The zero-order valence-electron chi connectivity index (χ0n) is 52.8. The number of nitrogens with one attached hydrogen (secondary N) is 5. The maximum Gasteiger partial charge on any atom is 0.220 e. The van der Waals surface area contributed by atoms with E-state index in [1.807, 2.05) is 58.8 Å². The lowest BCUT2D eigenvalue weighted by molar-refractivity contribution is -0.121. The first-order valence-electron chi connectivity index (χ1n) is 33.4. The molecule has 0 atom stereocenters. The predicted octanol–water partition coefficient (Wildman–Crippen LogP) is 18.6. The molecule has 470 valence electrons. The van der Waals surface area contributed by atoms with E-state index in [4.69, 9.17) is 0 Å². The fourth-order valence-corrected chi connectivity index (χ4v) is 16.3. The second-order valence-electron chi connectivity index (χ2n) is 23.3. The Bertz CT molecular complexity index is 2440. The summed E-state index contributed by atoms with van der Waals surface area (Å²) < 4.78 is 0. The Labute approximate surface area is 532 Å². The van der Waals surface area contributed by atoms with Crippen LogP contribution >= 0.6 is 58.8 Å². The van der Waals surface area contributed by atoms with Crippen LogP contribution in [0.1, 0.15) is 227 Å². The molecule has 6 rings (SSSR count). The van der Waals surface area contributed by atoms with Crippen LogP contribution in [-0.2, 0) is 24.0 Å². The molecule has 0 aliphatic heterocycles. The minimum absolute atomic E-state index is 0.122. The molecule has 0 heterocycles. The fourth-order valence-electron chi connectivity index (χ4n) is 11.6. The van der Waals surface area contributed by atoms with Crippen LogP contribution in [0.3, 0.4) is 0 Å². The van der Waals surface area contributed by atoms with Crippen molar-refractivity contribution in [2.24, 2.45) is 0 Å². The monoisotopic (exact) mass is 1260 g/mol. The van der Waals surface area contributed by atoms with Crippen LogP contribution in [0.4, 0.5) is 0 Å². The summed E-state index contributed by atoms with van der Waals surface area (Å²) in [4.78, 5) is 71.4. The van der Waals surface area contributed by atoms with Crippen LogP contribution in [0.25, 0.3) is 53.9 Å². The average molecular weight is 1260 g/mol. The van der Waals surface area contributed by atoms with Gasteiger partial charge in [0.05, 0.1) is 0 Å².